The van der Waals surface area contributed by atoms with Crippen LogP contribution in [-0.2, 0) is 0 Å². The van der Waals surface area contributed by atoms with Gasteiger partial charge in [0.05, 0.1) is 14.2 Å². The molecule has 0 aromatic heterocycles. The maximum atomic E-state index is 5.33. The predicted octanol–water partition coefficient (Wildman–Crippen LogP) is 5.25. The summed E-state index contributed by atoms with van der Waals surface area (Å²) in [7, 11) is 3.28. The van der Waals surface area contributed by atoms with E-state index in [0.717, 1.165) is 21.5 Å². The second-order valence-corrected chi connectivity index (χ2v) is 5.71. The number of ether oxygens (including phenoxy) is 2. The molecular formula is C18H19BrO2. The number of halogens is 1. The van der Waals surface area contributed by atoms with Crippen molar-refractivity contribution in [3.8, 4) is 11.5 Å². The molecule has 0 aliphatic rings. The van der Waals surface area contributed by atoms with Gasteiger partial charge in [-0.05, 0) is 54.3 Å². The number of rotatable bonds is 4. The Hall–Kier alpha value is -1.74. The molecule has 0 radical (unpaired) electrons. The van der Waals surface area contributed by atoms with Gasteiger partial charge in [-0.2, -0.15) is 0 Å². The minimum Gasteiger partial charge on any atom is -0.493 e. The monoisotopic (exact) mass is 346 g/mol. The largest absolute Gasteiger partial charge is 0.493 e. The minimum absolute atomic E-state index is 0.736. The summed E-state index contributed by atoms with van der Waals surface area (Å²) >= 11 is 3.61. The Morgan fingerprint density at radius 3 is 2.29 bits per heavy atom. The summed E-state index contributed by atoms with van der Waals surface area (Å²) in [6.45, 7) is 4.25. The molecule has 2 rings (SSSR count). The quantitative estimate of drug-likeness (QED) is 0.703. The van der Waals surface area contributed by atoms with Gasteiger partial charge in [0.2, 0.25) is 0 Å². The third kappa shape index (κ3) is 3.48. The Labute approximate surface area is 134 Å². The van der Waals surface area contributed by atoms with Crippen LogP contribution in [0.3, 0.4) is 0 Å². The summed E-state index contributed by atoms with van der Waals surface area (Å²) in [5.41, 5.74) is 4.83. The second kappa shape index (κ2) is 6.81. The fraction of sp³-hybridized carbons (Fsp3) is 0.222. The molecule has 2 nitrogen and oxygen atoms in total. The highest BCUT2D eigenvalue weighted by molar-refractivity contribution is 9.10. The summed E-state index contributed by atoms with van der Waals surface area (Å²) < 4.78 is 11.7. The molecule has 0 aliphatic carbocycles. The van der Waals surface area contributed by atoms with Crippen LogP contribution in [0.2, 0.25) is 0 Å². The van der Waals surface area contributed by atoms with Gasteiger partial charge in [0.1, 0.15) is 0 Å². The lowest BCUT2D eigenvalue weighted by Crippen LogP contribution is -1.90. The molecule has 110 valence electrons. The van der Waals surface area contributed by atoms with Crippen molar-refractivity contribution >= 4 is 28.1 Å². The Bertz CT molecular complexity index is 675. The lowest BCUT2D eigenvalue weighted by molar-refractivity contribution is 0.355. The molecule has 2 aromatic carbocycles. The van der Waals surface area contributed by atoms with Crippen LogP contribution in [0.25, 0.3) is 12.2 Å². The Balaban J connectivity index is 2.36. The molecule has 0 spiro atoms. The number of hydrogen-bond donors (Lipinski definition) is 0. The van der Waals surface area contributed by atoms with Gasteiger partial charge in [0.15, 0.2) is 11.5 Å². The minimum atomic E-state index is 0.736. The highest BCUT2D eigenvalue weighted by atomic mass is 79.9. The number of benzene rings is 2. The molecule has 0 atom stereocenters. The molecule has 0 bridgehead atoms. The summed E-state index contributed by atoms with van der Waals surface area (Å²) in [6, 6.07) is 10.1. The van der Waals surface area contributed by atoms with Crippen LogP contribution < -0.4 is 9.47 Å². The van der Waals surface area contributed by atoms with Crippen LogP contribution in [0, 0.1) is 13.8 Å². The SMILES string of the molecule is COc1ccc(C=Cc2c(Br)ccc(C)c2C)cc1OC. The number of aryl methyl sites for hydroxylation is 1. The van der Waals surface area contributed by atoms with Gasteiger partial charge in [-0.25, -0.2) is 0 Å². The van der Waals surface area contributed by atoms with Gasteiger partial charge in [-0.15, -0.1) is 0 Å². The van der Waals surface area contributed by atoms with E-state index >= 15 is 0 Å². The average Bonchev–Trinajstić information content (AvgIpc) is 2.50. The number of hydrogen-bond acceptors (Lipinski definition) is 2. The normalized spacial score (nSPS) is 10.9. The van der Waals surface area contributed by atoms with Crippen molar-refractivity contribution in [1.29, 1.82) is 0 Å². The summed E-state index contributed by atoms with van der Waals surface area (Å²) in [4.78, 5) is 0. The third-order valence-electron chi connectivity index (χ3n) is 3.58. The fourth-order valence-corrected chi connectivity index (χ4v) is 2.71. The molecule has 0 unspecified atom stereocenters. The zero-order chi connectivity index (χ0) is 15.4. The van der Waals surface area contributed by atoms with Crippen molar-refractivity contribution in [2.24, 2.45) is 0 Å². The van der Waals surface area contributed by atoms with Gasteiger partial charge >= 0.3 is 0 Å². The van der Waals surface area contributed by atoms with Gasteiger partial charge in [-0.3, -0.25) is 0 Å². The van der Waals surface area contributed by atoms with Crippen molar-refractivity contribution < 1.29 is 9.47 Å². The Kier molecular flexibility index (Phi) is 5.07. The van der Waals surface area contributed by atoms with Crippen LogP contribution >= 0.6 is 15.9 Å². The van der Waals surface area contributed by atoms with Gasteiger partial charge < -0.3 is 9.47 Å². The lowest BCUT2D eigenvalue weighted by atomic mass is 10.0. The van der Waals surface area contributed by atoms with E-state index in [4.69, 9.17) is 9.47 Å². The van der Waals surface area contributed by atoms with Gasteiger partial charge in [-0.1, -0.05) is 40.2 Å². The van der Waals surface area contributed by atoms with Crippen LogP contribution in [-0.4, -0.2) is 14.2 Å². The zero-order valence-electron chi connectivity index (χ0n) is 12.7. The first-order valence-corrected chi connectivity index (χ1v) is 7.52. The molecule has 3 heteroatoms. The van der Waals surface area contributed by atoms with Crippen LogP contribution in [0.4, 0.5) is 0 Å². The van der Waals surface area contributed by atoms with Crippen molar-refractivity contribution in [3.63, 3.8) is 0 Å². The average molecular weight is 347 g/mol. The smallest absolute Gasteiger partial charge is 0.161 e. The van der Waals surface area contributed by atoms with Crippen LogP contribution in [0.1, 0.15) is 22.3 Å². The van der Waals surface area contributed by atoms with Crippen molar-refractivity contribution in [1.82, 2.24) is 0 Å². The maximum Gasteiger partial charge on any atom is 0.161 e. The molecular weight excluding hydrogens is 328 g/mol. The van der Waals surface area contributed by atoms with E-state index in [-0.39, 0.29) is 0 Å². The van der Waals surface area contributed by atoms with Crippen LogP contribution in [0.15, 0.2) is 34.8 Å². The Morgan fingerprint density at radius 2 is 1.62 bits per heavy atom. The molecule has 0 heterocycles. The molecule has 2 aromatic rings. The summed E-state index contributed by atoms with van der Waals surface area (Å²) in [6.07, 6.45) is 4.20. The summed E-state index contributed by atoms with van der Waals surface area (Å²) in [5.74, 6) is 1.47. The van der Waals surface area contributed by atoms with Crippen LogP contribution in [0.5, 0.6) is 11.5 Å². The fourth-order valence-electron chi connectivity index (χ4n) is 2.15. The van der Waals surface area contributed by atoms with E-state index in [2.05, 4.69) is 54.1 Å². The molecule has 0 aliphatic heterocycles. The van der Waals surface area contributed by atoms with Crippen molar-refractivity contribution in [2.75, 3.05) is 14.2 Å². The first-order chi connectivity index (χ1) is 10.1. The molecule has 0 amide bonds. The highest BCUT2D eigenvalue weighted by Gasteiger charge is 2.05. The van der Waals surface area contributed by atoms with E-state index in [1.807, 2.05) is 18.2 Å². The van der Waals surface area contributed by atoms with Gasteiger partial charge in [0, 0.05) is 4.47 Å². The van der Waals surface area contributed by atoms with E-state index in [0.29, 0.717) is 0 Å². The zero-order valence-corrected chi connectivity index (χ0v) is 14.3. The Morgan fingerprint density at radius 1 is 0.905 bits per heavy atom. The lowest BCUT2D eigenvalue weighted by Gasteiger charge is -2.09. The maximum absolute atomic E-state index is 5.33. The standard InChI is InChI=1S/C18H19BrO2/c1-12-5-9-16(19)15(13(12)2)8-6-14-7-10-17(20-3)18(11-14)21-4/h5-11H,1-4H3. The van der Waals surface area contributed by atoms with E-state index in [1.165, 1.54) is 16.7 Å². The van der Waals surface area contributed by atoms with E-state index in [1.54, 1.807) is 14.2 Å². The predicted molar refractivity (Wildman–Crippen MR) is 92.1 cm³/mol. The molecule has 0 saturated heterocycles. The molecule has 21 heavy (non-hydrogen) atoms. The topological polar surface area (TPSA) is 18.5 Å². The molecule has 0 fully saturated rings. The first-order valence-electron chi connectivity index (χ1n) is 6.72. The molecule has 0 saturated carbocycles. The summed E-state index contributed by atoms with van der Waals surface area (Å²) in [5, 5.41) is 0. The number of methoxy groups -OCH3 is 2. The third-order valence-corrected chi connectivity index (χ3v) is 4.27. The highest BCUT2D eigenvalue weighted by Crippen LogP contribution is 2.29. The van der Waals surface area contributed by atoms with Crippen molar-refractivity contribution in [2.45, 2.75) is 13.8 Å². The first kappa shape index (κ1) is 15.6. The molecule has 0 N–H and O–H groups in total. The van der Waals surface area contributed by atoms with E-state index < -0.39 is 0 Å². The van der Waals surface area contributed by atoms with Crippen molar-refractivity contribution in [3.05, 3.63) is 57.1 Å². The second-order valence-electron chi connectivity index (χ2n) is 4.85. The van der Waals surface area contributed by atoms with E-state index in [9.17, 15) is 0 Å². The van der Waals surface area contributed by atoms with Gasteiger partial charge in [0.25, 0.3) is 0 Å².